The second-order valence-corrected chi connectivity index (χ2v) is 5.44. The van der Waals surface area contributed by atoms with Crippen LogP contribution in [0.1, 0.15) is 18.5 Å². The lowest BCUT2D eigenvalue weighted by atomic mass is 10.3. The number of aromatic nitrogens is 1. The van der Waals surface area contributed by atoms with Crippen LogP contribution in [0.4, 0.5) is 5.69 Å². The zero-order valence-electron chi connectivity index (χ0n) is 9.31. The van der Waals surface area contributed by atoms with E-state index in [0.29, 0.717) is 18.7 Å². The van der Waals surface area contributed by atoms with Crippen LogP contribution in [0.5, 0.6) is 0 Å². The van der Waals surface area contributed by atoms with E-state index >= 15 is 0 Å². The monoisotopic (exact) mass is 243 g/mol. The van der Waals surface area contributed by atoms with Crippen molar-refractivity contribution < 1.29 is 8.42 Å². The van der Waals surface area contributed by atoms with Crippen LogP contribution in [0.25, 0.3) is 0 Å². The molecule has 0 aliphatic heterocycles. The van der Waals surface area contributed by atoms with E-state index in [-0.39, 0.29) is 5.75 Å². The second kappa shape index (κ2) is 5.81. The normalized spacial score (nSPS) is 11.4. The Morgan fingerprint density at radius 3 is 2.81 bits per heavy atom. The summed E-state index contributed by atoms with van der Waals surface area (Å²) < 4.78 is 25.7. The minimum Gasteiger partial charge on any atom is -0.330 e. The van der Waals surface area contributed by atoms with Crippen molar-refractivity contribution in [2.45, 2.75) is 19.8 Å². The molecule has 0 amide bonds. The van der Waals surface area contributed by atoms with Crippen molar-refractivity contribution in [1.82, 2.24) is 4.98 Å². The molecular weight excluding hydrogens is 226 g/mol. The molecule has 0 aliphatic carbocycles. The Bertz CT molecular complexity index is 431. The summed E-state index contributed by atoms with van der Waals surface area (Å²) in [7, 11) is -3.26. The van der Waals surface area contributed by atoms with Crippen molar-refractivity contribution in [3.05, 3.63) is 24.0 Å². The average Bonchev–Trinajstić information content (AvgIpc) is 2.17. The third-order valence-electron chi connectivity index (χ3n) is 2.04. The molecule has 1 aromatic rings. The molecule has 0 bridgehead atoms. The van der Waals surface area contributed by atoms with E-state index in [9.17, 15) is 8.42 Å². The number of nitrogens with one attached hydrogen (secondary N) is 1. The number of hydrogen-bond acceptors (Lipinski definition) is 4. The molecule has 1 aromatic heterocycles. The smallest absolute Gasteiger partial charge is 0.232 e. The number of anilines is 1. The standard InChI is InChI=1S/C10H17N3O2S/c1-9-8-10(4-6-12-9)13-16(14,15)7-3-2-5-11/h4,6,8H,2-3,5,7,11H2,1H3,(H,12,13). The SMILES string of the molecule is Cc1cc(NS(=O)(=O)CCCCN)ccn1. The van der Waals surface area contributed by atoms with Gasteiger partial charge in [0.25, 0.3) is 0 Å². The predicted octanol–water partition coefficient (Wildman–Crippen LogP) is 0.871. The van der Waals surface area contributed by atoms with Gasteiger partial charge in [-0.1, -0.05) is 0 Å². The molecule has 0 radical (unpaired) electrons. The Balaban J connectivity index is 2.59. The number of aryl methyl sites for hydroxylation is 1. The first-order chi connectivity index (χ1) is 7.53. The summed E-state index contributed by atoms with van der Waals surface area (Å²) in [6.07, 6.45) is 2.87. The number of hydrogen-bond donors (Lipinski definition) is 2. The predicted molar refractivity (Wildman–Crippen MR) is 64.7 cm³/mol. The molecule has 0 spiro atoms. The quantitative estimate of drug-likeness (QED) is 0.726. The van der Waals surface area contributed by atoms with Crippen molar-refractivity contribution in [3.8, 4) is 0 Å². The third kappa shape index (κ3) is 4.59. The van der Waals surface area contributed by atoms with Crippen LogP contribution in [0.15, 0.2) is 18.3 Å². The van der Waals surface area contributed by atoms with Crippen LogP contribution < -0.4 is 10.5 Å². The first kappa shape index (κ1) is 12.9. The van der Waals surface area contributed by atoms with E-state index in [0.717, 1.165) is 12.1 Å². The van der Waals surface area contributed by atoms with Gasteiger partial charge in [-0.25, -0.2) is 8.42 Å². The summed E-state index contributed by atoms with van der Waals surface area (Å²) in [4.78, 5) is 3.99. The van der Waals surface area contributed by atoms with Crippen molar-refractivity contribution in [1.29, 1.82) is 0 Å². The number of rotatable bonds is 6. The van der Waals surface area contributed by atoms with Crippen LogP contribution in [-0.2, 0) is 10.0 Å². The van der Waals surface area contributed by atoms with E-state index in [1.165, 1.54) is 0 Å². The molecule has 0 saturated heterocycles. The van der Waals surface area contributed by atoms with E-state index in [2.05, 4.69) is 9.71 Å². The van der Waals surface area contributed by atoms with E-state index < -0.39 is 10.0 Å². The molecule has 0 fully saturated rings. The number of nitrogens with two attached hydrogens (primary N) is 1. The van der Waals surface area contributed by atoms with Gasteiger partial charge in [-0.15, -0.1) is 0 Å². The van der Waals surface area contributed by atoms with Gasteiger partial charge in [-0.3, -0.25) is 9.71 Å². The summed E-state index contributed by atoms with van der Waals surface area (Å²) in [6, 6.07) is 3.33. The highest BCUT2D eigenvalue weighted by atomic mass is 32.2. The van der Waals surface area contributed by atoms with Gasteiger partial charge in [-0.2, -0.15) is 0 Å². The third-order valence-corrected chi connectivity index (χ3v) is 3.41. The molecule has 1 heterocycles. The van der Waals surface area contributed by atoms with Gasteiger partial charge in [0.15, 0.2) is 0 Å². The topological polar surface area (TPSA) is 85.1 Å². The Labute approximate surface area is 96.1 Å². The van der Waals surface area contributed by atoms with Crippen LogP contribution in [-0.4, -0.2) is 25.7 Å². The fourth-order valence-electron chi connectivity index (χ4n) is 1.28. The lowest BCUT2D eigenvalue weighted by Gasteiger charge is -2.07. The largest absolute Gasteiger partial charge is 0.330 e. The van der Waals surface area contributed by atoms with Gasteiger partial charge in [0.2, 0.25) is 10.0 Å². The fourth-order valence-corrected chi connectivity index (χ4v) is 2.45. The molecule has 16 heavy (non-hydrogen) atoms. The summed E-state index contributed by atoms with van der Waals surface area (Å²) >= 11 is 0. The molecule has 3 N–H and O–H groups in total. The zero-order valence-corrected chi connectivity index (χ0v) is 10.1. The lowest BCUT2D eigenvalue weighted by Crippen LogP contribution is -2.17. The molecule has 0 aliphatic rings. The summed E-state index contributed by atoms with van der Waals surface area (Å²) in [5.41, 5.74) is 6.64. The Kier molecular flexibility index (Phi) is 4.70. The summed E-state index contributed by atoms with van der Waals surface area (Å²) in [5.74, 6) is 0.103. The maximum atomic E-state index is 11.6. The molecule has 0 aromatic carbocycles. The highest BCUT2D eigenvalue weighted by Crippen LogP contribution is 2.10. The van der Waals surface area contributed by atoms with Gasteiger partial charge in [0.1, 0.15) is 0 Å². The van der Waals surface area contributed by atoms with Crippen molar-refractivity contribution in [2.75, 3.05) is 17.0 Å². The maximum absolute atomic E-state index is 11.6. The Morgan fingerprint density at radius 2 is 2.19 bits per heavy atom. The molecule has 5 nitrogen and oxygen atoms in total. The number of nitrogens with zero attached hydrogens (tertiary/aromatic N) is 1. The highest BCUT2D eigenvalue weighted by Gasteiger charge is 2.09. The van der Waals surface area contributed by atoms with Crippen LogP contribution in [0.2, 0.25) is 0 Å². The van der Waals surface area contributed by atoms with E-state index in [4.69, 9.17) is 5.73 Å². The summed E-state index contributed by atoms with van der Waals surface area (Å²) in [6.45, 7) is 2.33. The fraction of sp³-hybridized carbons (Fsp3) is 0.500. The molecule has 0 atom stereocenters. The Hall–Kier alpha value is -1.14. The minimum atomic E-state index is -3.26. The number of pyridine rings is 1. The van der Waals surface area contributed by atoms with Gasteiger partial charge >= 0.3 is 0 Å². The van der Waals surface area contributed by atoms with Gasteiger partial charge in [0.05, 0.1) is 11.4 Å². The minimum absolute atomic E-state index is 0.103. The summed E-state index contributed by atoms with van der Waals surface area (Å²) in [5, 5.41) is 0. The van der Waals surface area contributed by atoms with Crippen LogP contribution >= 0.6 is 0 Å². The maximum Gasteiger partial charge on any atom is 0.232 e. The van der Waals surface area contributed by atoms with Gasteiger partial charge in [0, 0.05) is 11.9 Å². The highest BCUT2D eigenvalue weighted by molar-refractivity contribution is 7.92. The first-order valence-electron chi connectivity index (χ1n) is 5.17. The van der Waals surface area contributed by atoms with E-state index in [1.54, 1.807) is 18.3 Å². The molecule has 90 valence electrons. The first-order valence-corrected chi connectivity index (χ1v) is 6.82. The van der Waals surface area contributed by atoms with Crippen LogP contribution in [0.3, 0.4) is 0 Å². The second-order valence-electron chi connectivity index (χ2n) is 3.60. The van der Waals surface area contributed by atoms with Crippen molar-refractivity contribution in [2.24, 2.45) is 5.73 Å². The Morgan fingerprint density at radius 1 is 1.44 bits per heavy atom. The van der Waals surface area contributed by atoms with Crippen molar-refractivity contribution >= 4 is 15.7 Å². The number of sulfonamides is 1. The molecule has 0 saturated carbocycles. The number of unbranched alkanes of at least 4 members (excludes halogenated alkanes) is 1. The van der Waals surface area contributed by atoms with Gasteiger partial charge in [-0.05, 0) is 38.4 Å². The molecular formula is C10H17N3O2S. The van der Waals surface area contributed by atoms with E-state index in [1.807, 2.05) is 6.92 Å². The molecule has 6 heteroatoms. The van der Waals surface area contributed by atoms with Crippen molar-refractivity contribution in [3.63, 3.8) is 0 Å². The van der Waals surface area contributed by atoms with Gasteiger partial charge < -0.3 is 5.73 Å². The zero-order chi connectivity index (χ0) is 12.0. The van der Waals surface area contributed by atoms with Crippen LogP contribution in [0, 0.1) is 6.92 Å². The lowest BCUT2D eigenvalue weighted by molar-refractivity contribution is 0.597. The molecule has 1 rings (SSSR count). The molecule has 0 unspecified atom stereocenters. The average molecular weight is 243 g/mol.